The number of allylic oxidation sites excluding steroid dienone is 1. The Bertz CT molecular complexity index is 1400. The number of piperidine rings is 1. The zero-order valence-corrected chi connectivity index (χ0v) is 24.2. The Kier molecular flexibility index (Phi) is 8.77. The number of aliphatic hydroxyl groups is 1. The molecule has 1 atom stereocenters. The zero-order valence-electron chi connectivity index (χ0n) is 24.2. The summed E-state index contributed by atoms with van der Waals surface area (Å²) in [6.07, 6.45) is 5.76. The van der Waals surface area contributed by atoms with E-state index in [2.05, 4.69) is 30.0 Å². The number of aliphatic hydroxyl groups excluding tert-OH is 1. The Balaban J connectivity index is 1.25. The first-order valence-electron chi connectivity index (χ1n) is 15.2. The molecule has 3 aliphatic rings. The van der Waals surface area contributed by atoms with Crippen molar-refractivity contribution in [3.63, 3.8) is 0 Å². The van der Waals surface area contributed by atoms with Gasteiger partial charge in [0.15, 0.2) is 11.5 Å². The molecule has 2 fully saturated rings. The molecule has 1 unspecified atom stereocenters. The minimum absolute atomic E-state index is 0.0458. The van der Waals surface area contributed by atoms with E-state index in [0.717, 1.165) is 77.4 Å². The summed E-state index contributed by atoms with van der Waals surface area (Å²) >= 11 is 0. The van der Waals surface area contributed by atoms with Crippen molar-refractivity contribution in [1.29, 1.82) is 0 Å². The van der Waals surface area contributed by atoms with Gasteiger partial charge in [-0.1, -0.05) is 43.7 Å². The lowest BCUT2D eigenvalue weighted by atomic mass is 9.88. The van der Waals surface area contributed by atoms with Crippen LogP contribution in [-0.2, 0) is 4.79 Å². The molecule has 3 aromatic rings. The molecule has 0 radical (unpaired) electrons. The minimum atomic E-state index is -0.525. The number of fused-ring (bicyclic) bond motifs is 1. The number of ether oxygens (including phenoxy) is 4. The fourth-order valence-electron chi connectivity index (χ4n) is 5.74. The molecule has 0 bridgehead atoms. The van der Waals surface area contributed by atoms with E-state index in [1.165, 1.54) is 19.3 Å². The Morgan fingerprint density at radius 2 is 1.52 bits per heavy atom. The van der Waals surface area contributed by atoms with Crippen LogP contribution in [0.3, 0.4) is 0 Å². The molecule has 7 nitrogen and oxygen atoms in total. The molecule has 0 amide bonds. The lowest BCUT2D eigenvalue weighted by molar-refractivity contribution is -0.135. The first-order valence-corrected chi connectivity index (χ1v) is 15.2. The van der Waals surface area contributed by atoms with Crippen molar-refractivity contribution < 1.29 is 28.8 Å². The number of nitrogens with zero attached hydrogens (tertiary/aromatic N) is 1. The number of β-amino-alcohol motifs (C(OH)–C–C–N with tert-alkyl or cyclic N) is 1. The Morgan fingerprint density at radius 1 is 0.881 bits per heavy atom. The maximum absolute atomic E-state index is 12.2. The molecule has 1 N–H and O–H groups in total. The van der Waals surface area contributed by atoms with Gasteiger partial charge >= 0.3 is 5.97 Å². The molecular formula is C35H39NO6. The van der Waals surface area contributed by atoms with Gasteiger partial charge in [-0.15, -0.1) is 0 Å². The predicted octanol–water partition coefficient (Wildman–Crippen LogP) is 6.33. The summed E-state index contributed by atoms with van der Waals surface area (Å²) in [7, 11) is 0. The van der Waals surface area contributed by atoms with Crippen LogP contribution in [-0.4, -0.2) is 55.1 Å². The van der Waals surface area contributed by atoms with E-state index in [1.54, 1.807) is 0 Å². The van der Waals surface area contributed by atoms with Crippen molar-refractivity contribution in [2.75, 3.05) is 33.0 Å². The third kappa shape index (κ3) is 6.80. The molecule has 3 aromatic carbocycles. The largest absolute Gasteiger partial charge is 0.491 e. The second-order valence-corrected chi connectivity index (χ2v) is 11.3. The molecule has 1 saturated carbocycles. The van der Waals surface area contributed by atoms with Gasteiger partial charge in [-0.2, -0.15) is 0 Å². The number of esters is 1. The van der Waals surface area contributed by atoms with Crippen LogP contribution in [0.25, 0.3) is 11.1 Å². The summed E-state index contributed by atoms with van der Waals surface area (Å²) in [6, 6.07) is 21.8. The quantitative estimate of drug-likeness (QED) is 0.164. The van der Waals surface area contributed by atoms with Crippen LogP contribution in [0.2, 0.25) is 0 Å². The van der Waals surface area contributed by atoms with Gasteiger partial charge in [0, 0.05) is 6.54 Å². The maximum Gasteiger partial charge on any atom is 0.314 e. The van der Waals surface area contributed by atoms with Crippen molar-refractivity contribution in [1.82, 2.24) is 4.90 Å². The molecule has 42 heavy (non-hydrogen) atoms. The summed E-state index contributed by atoms with van der Waals surface area (Å²) < 4.78 is 22.8. The van der Waals surface area contributed by atoms with Gasteiger partial charge < -0.3 is 29.0 Å². The smallest absolute Gasteiger partial charge is 0.314 e. The molecule has 220 valence electrons. The number of hydrogen-bond acceptors (Lipinski definition) is 7. The highest BCUT2D eigenvalue weighted by atomic mass is 16.7. The molecule has 0 spiro atoms. The van der Waals surface area contributed by atoms with Gasteiger partial charge in [0.25, 0.3) is 0 Å². The van der Waals surface area contributed by atoms with Crippen molar-refractivity contribution in [2.45, 2.75) is 51.6 Å². The summed E-state index contributed by atoms with van der Waals surface area (Å²) in [5.74, 6) is 2.67. The average Bonchev–Trinajstić information content (AvgIpc) is 3.77. The van der Waals surface area contributed by atoms with Crippen LogP contribution in [0.15, 0.2) is 66.7 Å². The number of rotatable bonds is 11. The number of benzene rings is 3. The van der Waals surface area contributed by atoms with Crippen molar-refractivity contribution in [3.05, 3.63) is 83.4 Å². The van der Waals surface area contributed by atoms with Gasteiger partial charge in [-0.05, 0) is 109 Å². The summed E-state index contributed by atoms with van der Waals surface area (Å²) in [5, 5.41) is 10.5. The third-order valence-electron chi connectivity index (χ3n) is 8.15. The Hall–Kier alpha value is -3.81. The highest BCUT2D eigenvalue weighted by Crippen LogP contribution is 2.40. The van der Waals surface area contributed by atoms with E-state index in [1.807, 2.05) is 48.5 Å². The van der Waals surface area contributed by atoms with Crippen molar-refractivity contribution >= 4 is 17.1 Å². The van der Waals surface area contributed by atoms with Crippen LogP contribution in [0.4, 0.5) is 0 Å². The van der Waals surface area contributed by atoms with Crippen LogP contribution in [0.5, 0.6) is 23.0 Å². The van der Waals surface area contributed by atoms with Crippen molar-refractivity contribution in [3.8, 4) is 23.0 Å². The van der Waals surface area contributed by atoms with E-state index in [0.29, 0.717) is 12.3 Å². The number of carbonyl (C=O) groups is 1. The number of likely N-dealkylation sites (tertiary alicyclic amines) is 1. The monoisotopic (exact) mass is 569 g/mol. The van der Waals surface area contributed by atoms with Gasteiger partial charge in [0.05, 0.1) is 5.92 Å². The van der Waals surface area contributed by atoms with E-state index in [4.69, 9.17) is 18.9 Å². The maximum atomic E-state index is 12.2. The second-order valence-electron chi connectivity index (χ2n) is 11.3. The first kappa shape index (κ1) is 28.3. The highest BCUT2D eigenvalue weighted by molar-refractivity contribution is 5.99. The van der Waals surface area contributed by atoms with Crippen LogP contribution < -0.4 is 18.9 Å². The second kappa shape index (κ2) is 13.0. The summed E-state index contributed by atoms with van der Waals surface area (Å²) in [5.41, 5.74) is 5.34. The van der Waals surface area contributed by atoms with E-state index in [-0.39, 0.29) is 25.3 Å². The van der Waals surface area contributed by atoms with E-state index in [9.17, 15) is 9.90 Å². The minimum Gasteiger partial charge on any atom is -0.491 e. The average molecular weight is 570 g/mol. The van der Waals surface area contributed by atoms with Crippen LogP contribution in [0, 0.1) is 5.92 Å². The number of hydrogen-bond donors (Lipinski definition) is 1. The lowest BCUT2D eigenvalue weighted by Gasteiger charge is -2.28. The van der Waals surface area contributed by atoms with Gasteiger partial charge in [-0.25, -0.2) is 0 Å². The first-order chi connectivity index (χ1) is 20.6. The normalized spacial score (nSPS) is 17.9. The molecule has 7 heteroatoms. The lowest BCUT2D eigenvalue weighted by Crippen LogP contribution is -2.38. The van der Waals surface area contributed by atoms with Crippen LogP contribution in [0.1, 0.15) is 62.1 Å². The van der Waals surface area contributed by atoms with Gasteiger partial charge in [0.1, 0.15) is 24.2 Å². The molecule has 6 rings (SSSR count). The predicted molar refractivity (Wildman–Crippen MR) is 162 cm³/mol. The molecule has 2 aliphatic heterocycles. The Morgan fingerprint density at radius 3 is 2.19 bits per heavy atom. The Labute approximate surface area is 247 Å². The third-order valence-corrected chi connectivity index (χ3v) is 8.15. The molecule has 1 saturated heterocycles. The van der Waals surface area contributed by atoms with Gasteiger partial charge in [-0.3, -0.25) is 4.79 Å². The molecular weight excluding hydrogens is 530 g/mol. The number of carbonyl (C=O) groups excluding carboxylic acids is 1. The standard InChI is InChI=1S/C35H39NO6/c1-2-31(27-12-17-32-33(20-27)41-23-40-32)34(25-10-15-30(16-11-25)42-35(38)26-6-7-26)24-8-13-29(14-9-24)39-22-28(37)21-36-18-4-3-5-19-36/h8-17,20,26,28,37H,2-7,18-19,21-23H2,1H3. The van der Waals surface area contributed by atoms with Gasteiger partial charge in [0.2, 0.25) is 6.79 Å². The van der Waals surface area contributed by atoms with Crippen molar-refractivity contribution in [2.24, 2.45) is 5.92 Å². The molecule has 0 aromatic heterocycles. The fourth-order valence-corrected chi connectivity index (χ4v) is 5.74. The van der Waals surface area contributed by atoms with E-state index >= 15 is 0 Å². The fraction of sp³-hybridized carbons (Fsp3) is 0.400. The molecule has 1 aliphatic carbocycles. The molecule has 2 heterocycles. The summed E-state index contributed by atoms with van der Waals surface area (Å²) in [4.78, 5) is 14.5. The summed E-state index contributed by atoms with van der Waals surface area (Å²) in [6.45, 7) is 5.38. The topological polar surface area (TPSA) is 77.5 Å². The van der Waals surface area contributed by atoms with E-state index < -0.39 is 6.10 Å². The van der Waals surface area contributed by atoms with Crippen LogP contribution >= 0.6 is 0 Å². The highest BCUT2D eigenvalue weighted by Gasteiger charge is 2.31. The SMILES string of the molecule is CCC(=C(c1ccc(OCC(O)CN2CCCCC2)cc1)c1ccc(OC(=O)C2CC2)cc1)c1ccc2c(c1)OCO2. The zero-order chi connectivity index (χ0) is 28.9.